The van der Waals surface area contributed by atoms with Crippen LogP contribution in [0, 0.1) is 29.7 Å². The third-order valence-corrected chi connectivity index (χ3v) is 3.55. The molecule has 0 radical (unpaired) electrons. The molecule has 0 spiro atoms. The predicted octanol–water partition coefficient (Wildman–Crippen LogP) is 2.38. The molecule has 2 bridgehead atoms. The second-order valence-electron chi connectivity index (χ2n) is 4.13. The summed E-state index contributed by atoms with van der Waals surface area (Å²) >= 11 is 0. The second-order valence-corrected chi connectivity index (χ2v) is 4.13. The van der Waals surface area contributed by atoms with Gasteiger partial charge in [0.25, 0.3) is 0 Å². The van der Waals surface area contributed by atoms with Gasteiger partial charge in [-0.1, -0.05) is 0 Å². The van der Waals surface area contributed by atoms with Crippen molar-refractivity contribution in [3.63, 3.8) is 0 Å². The van der Waals surface area contributed by atoms with Crippen LogP contribution in [0.3, 0.4) is 0 Å². The lowest BCUT2D eigenvalue weighted by atomic mass is 9.79. The molecule has 12 heavy (non-hydrogen) atoms. The van der Waals surface area contributed by atoms with E-state index in [9.17, 15) is 0 Å². The number of nitriles is 1. The molecule has 3 unspecified atom stereocenters. The normalized spacial score (nSPS) is 43.8. The minimum absolute atomic E-state index is 0.266. The zero-order chi connectivity index (χ0) is 8.60. The number of nitrogens with zero attached hydrogens (tertiary/aromatic N) is 2. The van der Waals surface area contributed by atoms with Gasteiger partial charge in [-0.15, -0.1) is 0 Å². The average Bonchev–Trinajstić information content (AvgIpc) is 2.64. The number of hydrogen-bond acceptors (Lipinski definition) is 1. The van der Waals surface area contributed by atoms with Gasteiger partial charge in [0, 0.05) is 12.3 Å². The molecule has 0 saturated heterocycles. The van der Waals surface area contributed by atoms with Crippen molar-refractivity contribution in [2.75, 3.05) is 0 Å². The Morgan fingerprint density at radius 3 is 2.83 bits per heavy atom. The lowest BCUT2D eigenvalue weighted by molar-refractivity contribution is 0.326. The van der Waals surface area contributed by atoms with Crippen molar-refractivity contribution in [1.82, 2.24) is 0 Å². The van der Waals surface area contributed by atoms with Gasteiger partial charge in [-0.05, 0) is 25.2 Å². The molecule has 3 atom stereocenters. The molecule has 0 N–H and O–H groups in total. The van der Waals surface area contributed by atoms with E-state index in [1.165, 1.54) is 19.3 Å². The van der Waals surface area contributed by atoms with E-state index < -0.39 is 0 Å². The van der Waals surface area contributed by atoms with E-state index in [0.717, 1.165) is 12.3 Å². The van der Waals surface area contributed by atoms with Crippen molar-refractivity contribution in [3.8, 4) is 6.07 Å². The van der Waals surface area contributed by atoms with E-state index in [-0.39, 0.29) is 5.54 Å². The maximum Gasteiger partial charge on any atom is 0.248 e. The monoisotopic (exact) mass is 160 g/mol. The summed E-state index contributed by atoms with van der Waals surface area (Å²) < 4.78 is 0. The summed E-state index contributed by atoms with van der Waals surface area (Å²) in [5.41, 5.74) is -0.266. The van der Waals surface area contributed by atoms with Gasteiger partial charge in [0.05, 0.1) is 6.07 Å². The second kappa shape index (κ2) is 2.49. The van der Waals surface area contributed by atoms with Gasteiger partial charge in [-0.3, -0.25) is 0 Å². The fourth-order valence-corrected chi connectivity index (χ4v) is 2.94. The highest BCUT2D eigenvalue weighted by atomic mass is 14.9. The van der Waals surface area contributed by atoms with Gasteiger partial charge in [0.1, 0.15) is 6.42 Å². The number of rotatable bonds is 1. The molecule has 0 aromatic carbocycles. The molecule has 0 amide bonds. The van der Waals surface area contributed by atoms with Crippen molar-refractivity contribution in [2.24, 2.45) is 11.8 Å². The number of hydrogen-bond donors (Lipinski definition) is 0. The van der Waals surface area contributed by atoms with Crippen LogP contribution in [0.1, 0.15) is 32.1 Å². The average molecular weight is 160 g/mol. The van der Waals surface area contributed by atoms with Crippen molar-refractivity contribution in [3.05, 3.63) is 11.4 Å². The molecular weight excluding hydrogens is 148 g/mol. The molecule has 0 aliphatic heterocycles. The standard InChI is InChI=1S/C10H12N2/c1-12-10(4-5-11)7-8-2-3-9(10)6-8/h8-9H,2-4,6-7H2. The fraction of sp³-hybridized carbons (Fsp3) is 0.800. The van der Waals surface area contributed by atoms with E-state index in [1.807, 2.05) is 0 Å². The summed E-state index contributed by atoms with van der Waals surface area (Å²) in [5.74, 6) is 1.30. The van der Waals surface area contributed by atoms with E-state index in [1.54, 1.807) is 0 Å². The molecule has 0 aromatic rings. The third-order valence-electron chi connectivity index (χ3n) is 3.55. The molecule has 2 heteroatoms. The van der Waals surface area contributed by atoms with Crippen molar-refractivity contribution in [2.45, 2.75) is 37.6 Å². The van der Waals surface area contributed by atoms with Gasteiger partial charge in [0.2, 0.25) is 5.54 Å². The Morgan fingerprint density at radius 2 is 2.42 bits per heavy atom. The molecule has 2 nitrogen and oxygen atoms in total. The Hall–Kier alpha value is -1.02. The highest BCUT2D eigenvalue weighted by Gasteiger charge is 2.56. The van der Waals surface area contributed by atoms with Crippen molar-refractivity contribution in [1.29, 1.82) is 5.26 Å². The summed E-state index contributed by atoms with van der Waals surface area (Å²) in [6.45, 7) is 7.18. The SMILES string of the molecule is [C-]#[N+]C1(CC#N)CC2CCC1C2. The molecule has 0 aromatic heterocycles. The van der Waals surface area contributed by atoms with Crippen LogP contribution in [-0.4, -0.2) is 5.54 Å². The van der Waals surface area contributed by atoms with Gasteiger partial charge in [-0.25, -0.2) is 6.57 Å². The third kappa shape index (κ3) is 0.847. The lowest BCUT2D eigenvalue weighted by Gasteiger charge is -2.23. The first-order valence-corrected chi connectivity index (χ1v) is 4.56. The molecule has 2 fully saturated rings. The Balaban J connectivity index is 2.22. The predicted molar refractivity (Wildman–Crippen MR) is 45.0 cm³/mol. The first-order chi connectivity index (χ1) is 5.80. The molecule has 2 aliphatic carbocycles. The van der Waals surface area contributed by atoms with Crippen LogP contribution < -0.4 is 0 Å². The Kier molecular flexibility index (Phi) is 1.58. The smallest absolute Gasteiger partial charge is 0.248 e. The van der Waals surface area contributed by atoms with Gasteiger partial charge in [-0.2, -0.15) is 5.26 Å². The quantitative estimate of drug-likeness (QED) is 0.541. The molecule has 2 saturated carbocycles. The largest absolute Gasteiger partial charge is 0.309 e. The zero-order valence-electron chi connectivity index (χ0n) is 7.08. The molecule has 2 aliphatic rings. The summed E-state index contributed by atoms with van der Waals surface area (Å²) in [5, 5.41) is 8.66. The van der Waals surface area contributed by atoms with Crippen LogP contribution in [0.2, 0.25) is 0 Å². The number of fused-ring (bicyclic) bond motifs is 2. The van der Waals surface area contributed by atoms with Crippen LogP contribution >= 0.6 is 0 Å². The van der Waals surface area contributed by atoms with Crippen LogP contribution in [-0.2, 0) is 0 Å². The van der Waals surface area contributed by atoms with Crippen LogP contribution in [0.4, 0.5) is 0 Å². The summed E-state index contributed by atoms with van der Waals surface area (Å²) in [6.07, 6.45) is 5.15. The summed E-state index contributed by atoms with van der Waals surface area (Å²) in [4.78, 5) is 3.72. The molecule has 62 valence electrons. The summed E-state index contributed by atoms with van der Waals surface area (Å²) in [6, 6.07) is 2.17. The first kappa shape index (κ1) is 7.62. The molecule has 2 rings (SSSR count). The molecule has 0 heterocycles. The zero-order valence-corrected chi connectivity index (χ0v) is 7.08. The summed E-state index contributed by atoms with van der Waals surface area (Å²) in [7, 11) is 0. The molecular formula is C10H12N2. The highest BCUT2D eigenvalue weighted by Crippen LogP contribution is 2.54. The Morgan fingerprint density at radius 1 is 1.58 bits per heavy atom. The van der Waals surface area contributed by atoms with Crippen LogP contribution in [0.15, 0.2) is 0 Å². The van der Waals surface area contributed by atoms with E-state index in [2.05, 4.69) is 10.9 Å². The minimum atomic E-state index is -0.266. The first-order valence-electron chi connectivity index (χ1n) is 4.56. The fourth-order valence-electron chi connectivity index (χ4n) is 2.94. The highest BCUT2D eigenvalue weighted by molar-refractivity contribution is 5.15. The van der Waals surface area contributed by atoms with Gasteiger partial charge in [0.15, 0.2) is 0 Å². The maximum absolute atomic E-state index is 8.66. The van der Waals surface area contributed by atoms with E-state index in [4.69, 9.17) is 11.8 Å². The van der Waals surface area contributed by atoms with Crippen molar-refractivity contribution >= 4 is 0 Å². The topological polar surface area (TPSA) is 28.1 Å². The van der Waals surface area contributed by atoms with Crippen LogP contribution in [0.5, 0.6) is 0 Å². The van der Waals surface area contributed by atoms with Gasteiger partial charge >= 0.3 is 0 Å². The maximum atomic E-state index is 8.66. The van der Waals surface area contributed by atoms with E-state index >= 15 is 0 Å². The van der Waals surface area contributed by atoms with E-state index in [0.29, 0.717) is 12.3 Å². The lowest BCUT2D eigenvalue weighted by Crippen LogP contribution is -2.30. The van der Waals surface area contributed by atoms with Gasteiger partial charge < -0.3 is 4.85 Å². The van der Waals surface area contributed by atoms with Crippen LogP contribution in [0.25, 0.3) is 4.85 Å². The Bertz CT molecular complexity index is 271. The van der Waals surface area contributed by atoms with Crippen molar-refractivity contribution < 1.29 is 0 Å². The minimum Gasteiger partial charge on any atom is -0.309 e. The Labute approximate surface area is 73.0 Å².